The van der Waals surface area contributed by atoms with Gasteiger partial charge in [-0.3, -0.25) is 9.59 Å². The molecule has 1 aliphatic heterocycles. The Morgan fingerprint density at radius 3 is 2.42 bits per heavy atom. The minimum absolute atomic E-state index is 0.0175. The molecule has 1 aliphatic rings. The zero-order valence-electron chi connectivity index (χ0n) is 14.4. The zero-order valence-corrected chi connectivity index (χ0v) is 15.2. The van der Waals surface area contributed by atoms with Crippen molar-refractivity contribution >= 4 is 40.0 Å². The smallest absolute Gasteiger partial charge is 0.260 e. The predicted octanol–water partition coefficient (Wildman–Crippen LogP) is 3.31. The van der Waals surface area contributed by atoms with Crippen LogP contribution < -0.4 is 10.2 Å². The number of carbonyl (C=O) groups excluding carboxylic acids is 2. The summed E-state index contributed by atoms with van der Waals surface area (Å²) in [4.78, 5) is 30.3. The molecule has 3 rings (SSSR count). The Bertz CT molecular complexity index is 848. The average Bonchev–Trinajstić information content (AvgIpc) is 2.97. The highest BCUT2D eigenvalue weighted by Crippen LogP contribution is 2.30. The van der Waals surface area contributed by atoms with Gasteiger partial charge in [0.15, 0.2) is 0 Å². The van der Waals surface area contributed by atoms with Gasteiger partial charge in [0.05, 0.1) is 0 Å². The lowest BCUT2D eigenvalue weighted by atomic mass is 10.2. The Kier molecular flexibility index (Phi) is 5.37. The van der Waals surface area contributed by atoms with Crippen molar-refractivity contribution < 1.29 is 14.0 Å². The Morgan fingerprint density at radius 2 is 1.81 bits per heavy atom. The van der Waals surface area contributed by atoms with Crippen LogP contribution in [-0.2, 0) is 9.59 Å². The first-order valence-corrected chi connectivity index (χ1v) is 8.93. The molecule has 26 heavy (non-hydrogen) atoms. The van der Waals surface area contributed by atoms with Gasteiger partial charge in [-0.15, -0.1) is 0 Å². The third kappa shape index (κ3) is 4.29. The van der Waals surface area contributed by atoms with E-state index in [0.29, 0.717) is 10.7 Å². The molecule has 5 nitrogen and oxygen atoms in total. The standard InChI is InChI=1S/C19H18FN3O2S/c1-23(2)15-9-3-12(4-10-15)19-22-18(25)16(26-19)11-17(24)21-14-7-5-13(20)6-8-14/h3-10,16H,11H2,1-2H3,(H,21,24)/t16-/m0/s1. The quantitative estimate of drug-likeness (QED) is 0.876. The summed E-state index contributed by atoms with van der Waals surface area (Å²) in [6.07, 6.45) is 0.0175. The number of halogens is 1. The summed E-state index contributed by atoms with van der Waals surface area (Å²) in [5.41, 5.74) is 2.40. The van der Waals surface area contributed by atoms with Crippen molar-refractivity contribution in [1.29, 1.82) is 0 Å². The second kappa shape index (κ2) is 7.70. The van der Waals surface area contributed by atoms with Crippen LogP contribution in [0.2, 0.25) is 0 Å². The molecule has 0 radical (unpaired) electrons. The van der Waals surface area contributed by atoms with Gasteiger partial charge in [-0.05, 0) is 36.4 Å². The number of rotatable bonds is 5. The van der Waals surface area contributed by atoms with E-state index in [9.17, 15) is 14.0 Å². The average molecular weight is 371 g/mol. The van der Waals surface area contributed by atoms with E-state index in [1.54, 1.807) is 0 Å². The normalized spacial score (nSPS) is 16.3. The Balaban J connectivity index is 1.60. The summed E-state index contributed by atoms with van der Waals surface area (Å²) >= 11 is 1.29. The SMILES string of the molecule is CN(C)c1ccc(C2=NC(=O)[C@H](CC(=O)Nc3ccc(F)cc3)S2)cc1. The first-order valence-electron chi connectivity index (χ1n) is 8.05. The Hall–Kier alpha value is -2.67. The van der Waals surface area contributed by atoms with Crippen LogP contribution in [0.25, 0.3) is 0 Å². The number of anilines is 2. The number of nitrogens with one attached hydrogen (secondary N) is 1. The molecule has 0 aliphatic carbocycles. The Morgan fingerprint density at radius 1 is 1.15 bits per heavy atom. The van der Waals surface area contributed by atoms with Gasteiger partial charge in [0, 0.05) is 37.5 Å². The summed E-state index contributed by atoms with van der Waals surface area (Å²) in [6.45, 7) is 0. The maximum absolute atomic E-state index is 12.9. The van der Waals surface area contributed by atoms with Crippen molar-refractivity contribution in [2.75, 3.05) is 24.3 Å². The lowest BCUT2D eigenvalue weighted by Crippen LogP contribution is -2.21. The number of carbonyl (C=O) groups is 2. The fourth-order valence-electron chi connectivity index (χ4n) is 2.46. The van der Waals surface area contributed by atoms with Crippen LogP contribution in [0, 0.1) is 5.82 Å². The number of amides is 2. The highest BCUT2D eigenvalue weighted by Gasteiger charge is 2.31. The number of aliphatic imine (C=N–C) groups is 1. The van der Waals surface area contributed by atoms with Crippen molar-refractivity contribution in [2.45, 2.75) is 11.7 Å². The molecule has 0 saturated heterocycles. The van der Waals surface area contributed by atoms with E-state index >= 15 is 0 Å². The molecular formula is C19H18FN3O2S. The van der Waals surface area contributed by atoms with Gasteiger partial charge < -0.3 is 10.2 Å². The molecule has 2 aromatic rings. The van der Waals surface area contributed by atoms with E-state index in [1.807, 2.05) is 43.3 Å². The molecule has 1 N–H and O–H groups in total. The van der Waals surface area contributed by atoms with Crippen molar-refractivity contribution in [2.24, 2.45) is 4.99 Å². The second-order valence-electron chi connectivity index (χ2n) is 6.06. The molecule has 0 fully saturated rings. The summed E-state index contributed by atoms with van der Waals surface area (Å²) in [7, 11) is 3.91. The highest BCUT2D eigenvalue weighted by molar-refractivity contribution is 8.16. The van der Waals surface area contributed by atoms with E-state index in [4.69, 9.17) is 0 Å². The molecule has 0 bridgehead atoms. The van der Waals surface area contributed by atoms with Crippen LogP contribution in [0.1, 0.15) is 12.0 Å². The Labute approximate surface area is 155 Å². The van der Waals surface area contributed by atoms with Gasteiger partial charge in [-0.2, -0.15) is 0 Å². The van der Waals surface area contributed by atoms with E-state index in [0.717, 1.165) is 11.3 Å². The van der Waals surface area contributed by atoms with Crippen LogP contribution in [0.3, 0.4) is 0 Å². The van der Waals surface area contributed by atoms with Crippen molar-refractivity contribution in [3.8, 4) is 0 Å². The third-order valence-electron chi connectivity index (χ3n) is 3.87. The molecule has 0 aromatic heterocycles. The molecule has 7 heteroatoms. The number of nitrogens with zero attached hydrogens (tertiary/aromatic N) is 2. The van der Waals surface area contributed by atoms with Crippen LogP contribution in [0.4, 0.5) is 15.8 Å². The van der Waals surface area contributed by atoms with E-state index in [1.165, 1.54) is 36.0 Å². The second-order valence-corrected chi connectivity index (χ2v) is 7.25. The van der Waals surface area contributed by atoms with Crippen LogP contribution in [0.5, 0.6) is 0 Å². The first-order chi connectivity index (χ1) is 12.4. The molecular weight excluding hydrogens is 353 g/mol. The molecule has 1 atom stereocenters. The van der Waals surface area contributed by atoms with E-state index < -0.39 is 5.25 Å². The highest BCUT2D eigenvalue weighted by atomic mass is 32.2. The predicted molar refractivity (Wildman–Crippen MR) is 103 cm³/mol. The fourth-order valence-corrected chi connectivity index (χ4v) is 3.53. The summed E-state index contributed by atoms with van der Waals surface area (Å²) in [6, 6.07) is 13.2. The van der Waals surface area contributed by atoms with Crippen LogP contribution in [-0.4, -0.2) is 36.2 Å². The van der Waals surface area contributed by atoms with Gasteiger partial charge in [0.2, 0.25) is 5.91 Å². The largest absolute Gasteiger partial charge is 0.378 e. The van der Waals surface area contributed by atoms with Gasteiger partial charge in [0.25, 0.3) is 5.91 Å². The van der Waals surface area contributed by atoms with Crippen LogP contribution >= 0.6 is 11.8 Å². The van der Waals surface area contributed by atoms with Crippen molar-refractivity contribution in [3.05, 3.63) is 59.9 Å². The maximum Gasteiger partial charge on any atom is 0.260 e. The lowest BCUT2D eigenvalue weighted by Gasteiger charge is -2.12. The van der Waals surface area contributed by atoms with Crippen molar-refractivity contribution in [1.82, 2.24) is 0 Å². The molecule has 2 aromatic carbocycles. The third-order valence-corrected chi connectivity index (χ3v) is 5.07. The molecule has 0 spiro atoms. The molecule has 2 amide bonds. The summed E-state index contributed by atoms with van der Waals surface area (Å²) in [5, 5.41) is 2.75. The summed E-state index contributed by atoms with van der Waals surface area (Å²) in [5.74, 6) is -0.986. The van der Waals surface area contributed by atoms with Crippen LogP contribution in [0.15, 0.2) is 53.5 Å². The van der Waals surface area contributed by atoms with Gasteiger partial charge in [-0.25, -0.2) is 9.38 Å². The zero-order chi connectivity index (χ0) is 18.7. The monoisotopic (exact) mass is 371 g/mol. The minimum atomic E-state index is -0.543. The molecule has 0 saturated carbocycles. The maximum atomic E-state index is 12.9. The lowest BCUT2D eigenvalue weighted by molar-refractivity contribution is -0.121. The summed E-state index contributed by atoms with van der Waals surface area (Å²) < 4.78 is 12.9. The minimum Gasteiger partial charge on any atom is -0.378 e. The molecule has 1 heterocycles. The molecule has 134 valence electrons. The first kappa shape index (κ1) is 18.1. The van der Waals surface area contributed by atoms with Gasteiger partial charge >= 0.3 is 0 Å². The number of hydrogen-bond donors (Lipinski definition) is 1. The van der Waals surface area contributed by atoms with E-state index in [-0.39, 0.29) is 24.1 Å². The fraction of sp³-hybridized carbons (Fsp3) is 0.211. The number of benzene rings is 2. The van der Waals surface area contributed by atoms with Gasteiger partial charge in [-0.1, -0.05) is 23.9 Å². The topological polar surface area (TPSA) is 61.8 Å². The van der Waals surface area contributed by atoms with E-state index in [2.05, 4.69) is 10.3 Å². The number of hydrogen-bond acceptors (Lipinski definition) is 4. The number of thioether (sulfide) groups is 1. The van der Waals surface area contributed by atoms with Gasteiger partial charge in [0.1, 0.15) is 16.1 Å². The van der Waals surface area contributed by atoms with Crippen molar-refractivity contribution in [3.63, 3.8) is 0 Å². The molecule has 0 unspecified atom stereocenters.